The number of aromatic nitrogens is 4. The summed E-state index contributed by atoms with van der Waals surface area (Å²) in [5.74, 6) is 2.20. The fraction of sp³-hybridized carbons (Fsp3) is 0.312. The third-order valence-electron chi connectivity index (χ3n) is 3.81. The Labute approximate surface area is 127 Å². The highest BCUT2D eigenvalue weighted by molar-refractivity contribution is 8.00. The van der Waals surface area contributed by atoms with Crippen LogP contribution in [-0.2, 0) is 6.54 Å². The third-order valence-corrected chi connectivity index (χ3v) is 5.19. The molecule has 0 saturated carbocycles. The van der Waals surface area contributed by atoms with Crippen LogP contribution in [0.1, 0.15) is 12.8 Å². The first-order chi connectivity index (χ1) is 10.4. The first-order valence-corrected chi connectivity index (χ1v) is 8.31. The van der Waals surface area contributed by atoms with Crippen LogP contribution in [-0.4, -0.2) is 30.5 Å². The summed E-state index contributed by atoms with van der Waals surface area (Å²) in [7, 11) is 0. The minimum absolute atomic E-state index is 0.659. The summed E-state index contributed by atoms with van der Waals surface area (Å²) >= 11 is 2.06. The lowest BCUT2D eigenvalue weighted by Crippen LogP contribution is -2.12. The van der Waals surface area contributed by atoms with Gasteiger partial charge in [0.05, 0.1) is 0 Å². The molecular formula is C16H16N4S. The average molecular weight is 296 g/mol. The molecule has 1 aliphatic heterocycles. The molecule has 0 spiro atoms. The zero-order chi connectivity index (χ0) is 14.1. The van der Waals surface area contributed by atoms with Crippen LogP contribution >= 0.6 is 11.8 Å². The van der Waals surface area contributed by atoms with Crippen LogP contribution in [0, 0.1) is 0 Å². The van der Waals surface area contributed by atoms with Crippen LogP contribution in [0.25, 0.3) is 22.7 Å². The lowest BCUT2D eigenvalue weighted by Gasteiger charge is -2.12. The summed E-state index contributed by atoms with van der Waals surface area (Å²) < 4.78 is 2.24. The Bertz CT molecular complexity index is 747. The largest absolute Gasteiger partial charge is 0.306 e. The van der Waals surface area contributed by atoms with Gasteiger partial charge in [0.25, 0.3) is 0 Å². The highest BCUT2D eigenvalue weighted by Gasteiger charge is 2.21. The monoisotopic (exact) mass is 296 g/mol. The normalized spacial score (nSPS) is 18.4. The Hall–Kier alpha value is -1.88. The number of thioether (sulfide) groups is 1. The van der Waals surface area contributed by atoms with Gasteiger partial charge in [-0.2, -0.15) is 11.8 Å². The van der Waals surface area contributed by atoms with Crippen LogP contribution in [0.2, 0.25) is 0 Å². The fourth-order valence-corrected chi connectivity index (χ4v) is 4.07. The molecular weight excluding hydrogens is 280 g/mol. The van der Waals surface area contributed by atoms with Crippen LogP contribution in [0.15, 0.2) is 42.7 Å². The molecule has 21 heavy (non-hydrogen) atoms. The van der Waals surface area contributed by atoms with E-state index < -0.39 is 0 Å². The Kier molecular flexibility index (Phi) is 3.35. The lowest BCUT2D eigenvalue weighted by molar-refractivity contribution is 0.652. The van der Waals surface area contributed by atoms with E-state index in [2.05, 4.69) is 26.3 Å². The van der Waals surface area contributed by atoms with Crippen molar-refractivity contribution in [2.24, 2.45) is 0 Å². The summed E-state index contributed by atoms with van der Waals surface area (Å²) in [5.41, 5.74) is 2.82. The first kappa shape index (κ1) is 12.8. The van der Waals surface area contributed by atoms with Gasteiger partial charge in [-0.15, -0.1) is 0 Å². The number of rotatable bonds is 3. The molecule has 106 valence electrons. The van der Waals surface area contributed by atoms with Gasteiger partial charge in [-0.05, 0) is 42.9 Å². The van der Waals surface area contributed by atoms with Crippen molar-refractivity contribution < 1.29 is 0 Å². The number of hydrogen-bond donors (Lipinski definition) is 0. The molecule has 4 rings (SSSR count). The van der Waals surface area contributed by atoms with E-state index in [-0.39, 0.29) is 0 Å². The Balaban J connectivity index is 1.84. The lowest BCUT2D eigenvalue weighted by atomic mass is 10.2. The minimum atomic E-state index is 0.659. The maximum Gasteiger partial charge on any atom is 0.161 e. The van der Waals surface area contributed by atoms with Gasteiger partial charge in [0.15, 0.2) is 11.5 Å². The summed E-state index contributed by atoms with van der Waals surface area (Å²) in [5, 5.41) is 0.659. The maximum absolute atomic E-state index is 4.75. The molecule has 0 radical (unpaired) electrons. The van der Waals surface area contributed by atoms with Crippen molar-refractivity contribution >= 4 is 22.9 Å². The smallest absolute Gasteiger partial charge is 0.161 e. The topological polar surface area (TPSA) is 43.6 Å². The van der Waals surface area contributed by atoms with E-state index in [1.807, 2.05) is 42.7 Å². The van der Waals surface area contributed by atoms with E-state index in [0.29, 0.717) is 5.25 Å². The molecule has 1 aliphatic rings. The predicted molar refractivity (Wildman–Crippen MR) is 86.2 cm³/mol. The van der Waals surface area contributed by atoms with Crippen molar-refractivity contribution in [1.29, 1.82) is 0 Å². The molecule has 1 atom stereocenters. The van der Waals surface area contributed by atoms with E-state index in [9.17, 15) is 0 Å². The maximum atomic E-state index is 4.75. The second-order valence-corrected chi connectivity index (χ2v) is 6.65. The van der Waals surface area contributed by atoms with E-state index in [4.69, 9.17) is 4.98 Å². The fourth-order valence-electron chi connectivity index (χ4n) is 2.81. The summed E-state index contributed by atoms with van der Waals surface area (Å²) in [6.45, 7) is 0.962. The van der Waals surface area contributed by atoms with Gasteiger partial charge in [-0.3, -0.25) is 4.98 Å². The number of nitrogens with zero attached hydrogens (tertiary/aromatic N) is 4. The van der Waals surface area contributed by atoms with Gasteiger partial charge in [-0.1, -0.05) is 6.07 Å². The second-order valence-electron chi connectivity index (χ2n) is 5.24. The Morgan fingerprint density at radius 3 is 2.90 bits per heavy atom. The third kappa shape index (κ3) is 2.42. The SMILES string of the molecule is c1ccc(-c2nc3cccnc3n2CC2CCCS2)nc1. The second kappa shape index (κ2) is 5.48. The highest BCUT2D eigenvalue weighted by atomic mass is 32.2. The molecule has 5 heteroatoms. The van der Waals surface area contributed by atoms with E-state index in [1.165, 1.54) is 18.6 Å². The van der Waals surface area contributed by atoms with Crippen LogP contribution in [0.4, 0.5) is 0 Å². The molecule has 3 aromatic heterocycles. The van der Waals surface area contributed by atoms with E-state index in [0.717, 1.165) is 29.2 Å². The summed E-state index contributed by atoms with van der Waals surface area (Å²) in [6, 6.07) is 9.91. The van der Waals surface area contributed by atoms with Crippen molar-refractivity contribution in [2.45, 2.75) is 24.6 Å². The first-order valence-electron chi connectivity index (χ1n) is 7.26. The van der Waals surface area contributed by atoms with Gasteiger partial charge >= 0.3 is 0 Å². The Morgan fingerprint density at radius 1 is 1.14 bits per heavy atom. The number of pyridine rings is 2. The van der Waals surface area contributed by atoms with Gasteiger partial charge in [0.2, 0.25) is 0 Å². The standard InChI is InChI=1S/C16H16N4S/c1-2-8-17-13(6-1)16-19-14-7-3-9-18-15(14)20(16)11-12-5-4-10-21-12/h1-3,6-9,12H,4-5,10-11H2. The molecule has 1 saturated heterocycles. The molecule has 0 aliphatic carbocycles. The quantitative estimate of drug-likeness (QED) is 0.743. The number of imidazole rings is 1. The van der Waals surface area contributed by atoms with Crippen LogP contribution in [0.5, 0.6) is 0 Å². The van der Waals surface area contributed by atoms with Gasteiger partial charge < -0.3 is 4.57 Å². The van der Waals surface area contributed by atoms with E-state index in [1.54, 1.807) is 0 Å². The summed E-state index contributed by atoms with van der Waals surface area (Å²) in [4.78, 5) is 13.7. The van der Waals surface area contributed by atoms with Gasteiger partial charge in [-0.25, -0.2) is 9.97 Å². The predicted octanol–water partition coefficient (Wildman–Crippen LogP) is 3.39. The molecule has 1 fully saturated rings. The Morgan fingerprint density at radius 2 is 2.10 bits per heavy atom. The molecule has 4 nitrogen and oxygen atoms in total. The van der Waals surface area contributed by atoms with Gasteiger partial charge in [0, 0.05) is 24.2 Å². The molecule has 0 bridgehead atoms. The average Bonchev–Trinajstić information content (AvgIpc) is 3.17. The van der Waals surface area contributed by atoms with Crippen molar-refractivity contribution in [3.63, 3.8) is 0 Å². The zero-order valence-electron chi connectivity index (χ0n) is 11.6. The van der Waals surface area contributed by atoms with E-state index >= 15 is 0 Å². The number of fused-ring (bicyclic) bond motifs is 1. The minimum Gasteiger partial charge on any atom is -0.306 e. The van der Waals surface area contributed by atoms with Gasteiger partial charge in [0.1, 0.15) is 11.2 Å². The molecule has 0 aromatic carbocycles. The van der Waals surface area contributed by atoms with Crippen molar-refractivity contribution in [3.05, 3.63) is 42.7 Å². The summed E-state index contributed by atoms with van der Waals surface area (Å²) in [6.07, 6.45) is 6.24. The molecule has 4 heterocycles. The number of hydrogen-bond acceptors (Lipinski definition) is 4. The van der Waals surface area contributed by atoms with Crippen LogP contribution in [0.3, 0.4) is 0 Å². The van der Waals surface area contributed by atoms with Crippen molar-refractivity contribution in [2.75, 3.05) is 5.75 Å². The molecule has 0 N–H and O–H groups in total. The van der Waals surface area contributed by atoms with Crippen molar-refractivity contribution in [3.8, 4) is 11.5 Å². The van der Waals surface area contributed by atoms with Crippen molar-refractivity contribution in [1.82, 2.24) is 19.5 Å². The molecule has 1 unspecified atom stereocenters. The molecule has 0 amide bonds. The highest BCUT2D eigenvalue weighted by Crippen LogP contribution is 2.30. The van der Waals surface area contributed by atoms with Crippen LogP contribution < -0.4 is 0 Å². The zero-order valence-corrected chi connectivity index (χ0v) is 12.5. The molecule has 3 aromatic rings.